The fourth-order valence-corrected chi connectivity index (χ4v) is 3.64. The van der Waals surface area contributed by atoms with Gasteiger partial charge in [-0.1, -0.05) is 24.3 Å². The first-order valence-corrected chi connectivity index (χ1v) is 8.77. The SMILES string of the molecule is CON1CCN(C(c2cccnc2)c2ccc3cccnc3c2O)CC1. The fourth-order valence-electron chi connectivity index (χ4n) is 3.64. The summed E-state index contributed by atoms with van der Waals surface area (Å²) < 4.78 is 0. The molecule has 0 aliphatic carbocycles. The van der Waals surface area contributed by atoms with Crippen LogP contribution in [0.3, 0.4) is 0 Å². The molecule has 0 saturated carbocycles. The number of aromatic nitrogens is 2. The van der Waals surface area contributed by atoms with Crippen LogP contribution < -0.4 is 0 Å². The second kappa shape index (κ2) is 7.37. The summed E-state index contributed by atoms with van der Waals surface area (Å²) in [5, 5.41) is 13.9. The lowest BCUT2D eigenvalue weighted by Gasteiger charge is -2.38. The molecule has 0 spiro atoms. The van der Waals surface area contributed by atoms with Crippen LogP contribution in [0.4, 0.5) is 0 Å². The van der Waals surface area contributed by atoms with Crippen LogP contribution in [0.2, 0.25) is 0 Å². The summed E-state index contributed by atoms with van der Waals surface area (Å²) in [5.41, 5.74) is 2.55. The first-order chi connectivity index (χ1) is 12.8. The zero-order valence-corrected chi connectivity index (χ0v) is 14.7. The van der Waals surface area contributed by atoms with Crippen molar-refractivity contribution >= 4 is 10.9 Å². The van der Waals surface area contributed by atoms with Crippen LogP contribution >= 0.6 is 0 Å². The van der Waals surface area contributed by atoms with Crippen molar-refractivity contribution in [1.29, 1.82) is 0 Å². The zero-order chi connectivity index (χ0) is 17.9. The molecule has 1 N–H and O–H groups in total. The molecule has 1 atom stereocenters. The summed E-state index contributed by atoms with van der Waals surface area (Å²) in [4.78, 5) is 16.4. The average Bonchev–Trinajstić information content (AvgIpc) is 2.71. The van der Waals surface area contributed by atoms with E-state index in [9.17, 15) is 5.11 Å². The number of nitrogens with zero attached hydrogens (tertiary/aromatic N) is 4. The maximum atomic E-state index is 11.0. The van der Waals surface area contributed by atoms with Gasteiger partial charge in [0.25, 0.3) is 0 Å². The Labute approximate surface area is 152 Å². The molecule has 1 aromatic carbocycles. The molecule has 134 valence electrons. The van der Waals surface area contributed by atoms with Gasteiger partial charge in [-0.2, -0.15) is 5.06 Å². The van der Waals surface area contributed by atoms with E-state index in [1.54, 1.807) is 19.5 Å². The highest BCUT2D eigenvalue weighted by Gasteiger charge is 2.29. The van der Waals surface area contributed by atoms with E-state index in [1.165, 1.54) is 0 Å². The third-order valence-electron chi connectivity index (χ3n) is 4.97. The fraction of sp³-hybridized carbons (Fsp3) is 0.300. The maximum Gasteiger partial charge on any atom is 0.146 e. The number of phenols is 1. The lowest BCUT2D eigenvalue weighted by Crippen LogP contribution is -2.47. The van der Waals surface area contributed by atoms with Gasteiger partial charge in [0.05, 0.1) is 13.2 Å². The number of rotatable bonds is 4. The molecule has 1 saturated heterocycles. The van der Waals surface area contributed by atoms with Crippen molar-refractivity contribution in [3.63, 3.8) is 0 Å². The number of piperazine rings is 1. The minimum absolute atomic E-state index is 0.0749. The average molecular weight is 350 g/mol. The Kier molecular flexibility index (Phi) is 4.79. The number of hydrogen-bond donors (Lipinski definition) is 1. The predicted molar refractivity (Wildman–Crippen MR) is 99.6 cm³/mol. The highest BCUT2D eigenvalue weighted by molar-refractivity contribution is 5.85. The molecule has 6 heteroatoms. The van der Waals surface area contributed by atoms with Crippen LogP contribution in [0, 0.1) is 0 Å². The van der Waals surface area contributed by atoms with E-state index in [2.05, 4.69) is 20.9 Å². The second-order valence-corrected chi connectivity index (χ2v) is 6.41. The Morgan fingerprint density at radius 3 is 2.58 bits per heavy atom. The van der Waals surface area contributed by atoms with Gasteiger partial charge in [-0.25, -0.2) is 0 Å². The molecule has 1 aliphatic heterocycles. The molecular weight excluding hydrogens is 328 g/mol. The topological polar surface area (TPSA) is 61.7 Å². The minimum atomic E-state index is -0.0749. The normalized spacial score (nSPS) is 17.4. The number of benzene rings is 1. The van der Waals surface area contributed by atoms with Crippen LogP contribution in [0.1, 0.15) is 17.2 Å². The minimum Gasteiger partial charge on any atom is -0.505 e. The van der Waals surface area contributed by atoms with Crippen molar-refractivity contribution in [3.05, 3.63) is 66.1 Å². The lowest BCUT2D eigenvalue weighted by molar-refractivity contribution is -0.154. The van der Waals surface area contributed by atoms with E-state index in [1.807, 2.05) is 41.6 Å². The number of hydrogen-bond acceptors (Lipinski definition) is 6. The van der Waals surface area contributed by atoms with Gasteiger partial charge in [0, 0.05) is 55.7 Å². The summed E-state index contributed by atoms with van der Waals surface area (Å²) in [6.45, 7) is 3.32. The Balaban J connectivity index is 1.78. The molecule has 0 bridgehead atoms. The van der Waals surface area contributed by atoms with E-state index in [0.717, 1.165) is 42.7 Å². The Morgan fingerprint density at radius 2 is 1.85 bits per heavy atom. The van der Waals surface area contributed by atoms with Crippen molar-refractivity contribution in [3.8, 4) is 5.75 Å². The molecule has 26 heavy (non-hydrogen) atoms. The molecule has 2 aromatic heterocycles. The smallest absolute Gasteiger partial charge is 0.146 e. The summed E-state index contributed by atoms with van der Waals surface area (Å²) in [7, 11) is 1.70. The van der Waals surface area contributed by atoms with E-state index in [4.69, 9.17) is 4.84 Å². The standard InChI is InChI=1S/C20H22N4O2/c1-26-24-12-10-23(11-13-24)19(16-5-2-8-21-14-16)17-7-6-15-4-3-9-22-18(15)20(17)25/h2-9,14,19,25H,10-13H2,1H3. The van der Waals surface area contributed by atoms with Crippen molar-refractivity contribution < 1.29 is 9.94 Å². The number of phenolic OH excluding ortho intramolecular Hbond substituents is 1. The highest BCUT2D eigenvalue weighted by Crippen LogP contribution is 2.37. The van der Waals surface area contributed by atoms with Gasteiger partial charge < -0.3 is 9.94 Å². The highest BCUT2D eigenvalue weighted by atomic mass is 16.7. The molecule has 0 radical (unpaired) electrons. The van der Waals surface area contributed by atoms with Crippen LogP contribution in [0.15, 0.2) is 55.0 Å². The summed E-state index contributed by atoms with van der Waals surface area (Å²) in [6, 6.07) is 11.8. The van der Waals surface area contributed by atoms with E-state index < -0.39 is 0 Å². The van der Waals surface area contributed by atoms with Gasteiger partial charge in [-0.05, 0) is 17.7 Å². The number of pyridine rings is 2. The third-order valence-corrected chi connectivity index (χ3v) is 4.97. The first-order valence-electron chi connectivity index (χ1n) is 8.77. The summed E-state index contributed by atoms with van der Waals surface area (Å²) >= 11 is 0. The molecule has 4 rings (SSSR count). The molecular formula is C20H22N4O2. The van der Waals surface area contributed by atoms with Crippen LogP contribution in [0.5, 0.6) is 5.75 Å². The molecule has 3 aromatic rings. The largest absolute Gasteiger partial charge is 0.505 e. The van der Waals surface area contributed by atoms with Gasteiger partial charge in [0.15, 0.2) is 0 Å². The maximum absolute atomic E-state index is 11.0. The molecule has 1 fully saturated rings. The Hall–Kier alpha value is -2.54. The summed E-state index contributed by atoms with van der Waals surface area (Å²) in [5.74, 6) is 0.242. The Bertz CT molecular complexity index is 879. The quantitative estimate of drug-likeness (QED) is 0.780. The van der Waals surface area contributed by atoms with Crippen LogP contribution in [0.25, 0.3) is 10.9 Å². The van der Waals surface area contributed by atoms with Crippen molar-refractivity contribution in [2.45, 2.75) is 6.04 Å². The molecule has 1 aliphatic rings. The van der Waals surface area contributed by atoms with Crippen LogP contribution in [-0.2, 0) is 4.84 Å². The third kappa shape index (κ3) is 3.14. The number of hydroxylamine groups is 2. The van der Waals surface area contributed by atoms with Crippen molar-refractivity contribution in [1.82, 2.24) is 19.9 Å². The second-order valence-electron chi connectivity index (χ2n) is 6.41. The predicted octanol–water partition coefficient (Wildman–Crippen LogP) is 2.60. The van der Waals surface area contributed by atoms with Crippen molar-refractivity contribution in [2.75, 3.05) is 33.3 Å². The monoisotopic (exact) mass is 350 g/mol. The summed E-state index contributed by atoms with van der Waals surface area (Å²) in [6.07, 6.45) is 5.35. The van der Waals surface area contributed by atoms with Gasteiger partial charge in [0.2, 0.25) is 0 Å². The van der Waals surface area contributed by atoms with Gasteiger partial charge in [0.1, 0.15) is 11.3 Å². The van der Waals surface area contributed by atoms with Gasteiger partial charge in [-0.15, -0.1) is 0 Å². The number of fused-ring (bicyclic) bond motifs is 1. The lowest BCUT2D eigenvalue weighted by atomic mass is 9.95. The molecule has 0 amide bonds. The number of aromatic hydroxyl groups is 1. The first kappa shape index (κ1) is 16.9. The Morgan fingerprint density at radius 1 is 1.04 bits per heavy atom. The zero-order valence-electron chi connectivity index (χ0n) is 14.7. The molecule has 6 nitrogen and oxygen atoms in total. The van der Waals surface area contributed by atoms with E-state index in [0.29, 0.717) is 5.52 Å². The van der Waals surface area contributed by atoms with Crippen molar-refractivity contribution in [2.24, 2.45) is 0 Å². The van der Waals surface area contributed by atoms with E-state index >= 15 is 0 Å². The van der Waals surface area contributed by atoms with Gasteiger partial charge in [-0.3, -0.25) is 14.9 Å². The van der Waals surface area contributed by atoms with Gasteiger partial charge >= 0.3 is 0 Å². The molecule has 1 unspecified atom stereocenters. The van der Waals surface area contributed by atoms with Crippen LogP contribution in [-0.4, -0.2) is 58.3 Å². The molecule has 3 heterocycles. The van der Waals surface area contributed by atoms with E-state index in [-0.39, 0.29) is 11.8 Å².